The predicted molar refractivity (Wildman–Crippen MR) is 74.2 cm³/mol. The molecule has 2 fully saturated rings. The van der Waals surface area contributed by atoms with Crippen molar-refractivity contribution in [2.24, 2.45) is 5.41 Å². The monoisotopic (exact) mass is 327 g/mol. The summed E-state index contributed by atoms with van der Waals surface area (Å²) in [5.74, 6) is 0. The minimum atomic E-state index is -4.31. The predicted octanol–water partition coefficient (Wildman–Crippen LogP) is 2.77. The van der Waals surface area contributed by atoms with Crippen molar-refractivity contribution < 1.29 is 13.2 Å². The topological polar surface area (TPSA) is 28.2 Å². The van der Waals surface area contributed by atoms with Gasteiger partial charge in [0, 0.05) is 30.7 Å². The fourth-order valence-electron chi connectivity index (χ4n) is 3.04. The first-order valence-corrected chi connectivity index (χ1v) is 7.24. The fraction of sp³-hybridized carbons (Fsp3) is 0.750. The van der Waals surface area contributed by atoms with Crippen LogP contribution in [-0.2, 0) is 12.7 Å². The number of aromatic nitrogens is 1. The molecule has 2 saturated heterocycles. The molecule has 114 valence electrons. The van der Waals surface area contributed by atoms with Crippen LogP contribution in [0.5, 0.6) is 0 Å². The van der Waals surface area contributed by atoms with Gasteiger partial charge in [0.2, 0.25) is 0 Å². The van der Waals surface area contributed by atoms with Crippen molar-refractivity contribution in [2.75, 3.05) is 26.2 Å². The number of likely N-dealkylation sites (tertiary alicyclic amines) is 1. The van der Waals surface area contributed by atoms with Crippen molar-refractivity contribution in [2.45, 2.75) is 25.6 Å². The van der Waals surface area contributed by atoms with Gasteiger partial charge in [-0.25, -0.2) is 4.98 Å². The van der Waals surface area contributed by atoms with E-state index in [1.807, 2.05) is 0 Å². The number of hydrogen-bond donors (Lipinski definition) is 1. The van der Waals surface area contributed by atoms with Crippen molar-refractivity contribution in [3.8, 4) is 0 Å². The first kappa shape index (κ1) is 16.0. The molecule has 0 aromatic carbocycles. The van der Waals surface area contributed by atoms with E-state index < -0.39 is 11.2 Å². The van der Waals surface area contributed by atoms with E-state index in [1.54, 1.807) is 0 Å². The zero-order valence-electron chi connectivity index (χ0n) is 10.9. The maximum atomic E-state index is 12.5. The number of hydrogen-bond acceptors (Lipinski definition) is 4. The second-order valence-electron chi connectivity index (χ2n) is 5.52. The Labute approximate surface area is 126 Å². The van der Waals surface area contributed by atoms with Gasteiger partial charge in [-0.05, 0) is 31.3 Å². The molecule has 0 aliphatic carbocycles. The van der Waals surface area contributed by atoms with Gasteiger partial charge >= 0.3 is 6.18 Å². The highest BCUT2D eigenvalue weighted by Crippen LogP contribution is 2.38. The van der Waals surface area contributed by atoms with E-state index in [9.17, 15) is 13.2 Å². The maximum absolute atomic E-state index is 12.5. The molecule has 0 radical (unpaired) electrons. The maximum Gasteiger partial charge on any atom is 0.443 e. The zero-order valence-corrected chi connectivity index (χ0v) is 12.5. The van der Waals surface area contributed by atoms with Crippen LogP contribution in [0.4, 0.5) is 13.2 Å². The third-order valence-corrected chi connectivity index (χ3v) is 5.05. The highest BCUT2D eigenvalue weighted by Gasteiger charge is 2.40. The number of halogens is 4. The Balaban J connectivity index is 0.00000147. The smallest absolute Gasteiger partial charge is 0.316 e. The van der Waals surface area contributed by atoms with Gasteiger partial charge in [-0.15, -0.1) is 23.7 Å². The summed E-state index contributed by atoms with van der Waals surface area (Å²) >= 11 is 0.764. The van der Waals surface area contributed by atoms with Gasteiger partial charge < -0.3 is 5.32 Å². The third kappa shape index (κ3) is 3.27. The van der Waals surface area contributed by atoms with Crippen molar-refractivity contribution >= 4 is 23.7 Å². The Morgan fingerprint density at radius 2 is 2.20 bits per heavy atom. The molecular weight excluding hydrogens is 311 g/mol. The molecule has 20 heavy (non-hydrogen) atoms. The average molecular weight is 328 g/mol. The molecule has 0 bridgehead atoms. The van der Waals surface area contributed by atoms with E-state index in [1.165, 1.54) is 12.6 Å². The van der Waals surface area contributed by atoms with Crippen LogP contribution in [0.25, 0.3) is 0 Å². The molecule has 1 spiro atoms. The van der Waals surface area contributed by atoms with E-state index in [0.717, 1.165) is 43.9 Å². The molecule has 1 unspecified atom stereocenters. The highest BCUT2D eigenvalue weighted by molar-refractivity contribution is 7.11. The van der Waals surface area contributed by atoms with Crippen molar-refractivity contribution in [1.82, 2.24) is 15.2 Å². The van der Waals surface area contributed by atoms with Gasteiger partial charge in [-0.3, -0.25) is 4.90 Å². The van der Waals surface area contributed by atoms with Crippen LogP contribution in [0.2, 0.25) is 0 Å². The normalized spacial score (nSPS) is 27.1. The number of nitrogens with one attached hydrogen (secondary N) is 1. The number of rotatable bonds is 2. The lowest BCUT2D eigenvalue weighted by molar-refractivity contribution is -0.137. The molecule has 1 atom stereocenters. The third-order valence-electron chi connectivity index (χ3n) is 4.02. The van der Waals surface area contributed by atoms with Crippen LogP contribution in [0.15, 0.2) is 6.20 Å². The summed E-state index contributed by atoms with van der Waals surface area (Å²) < 4.78 is 37.4. The molecular formula is C12H17ClF3N3S. The van der Waals surface area contributed by atoms with Gasteiger partial charge in [0.05, 0.1) is 0 Å². The van der Waals surface area contributed by atoms with E-state index >= 15 is 0 Å². The van der Waals surface area contributed by atoms with Crippen molar-refractivity contribution in [1.29, 1.82) is 0 Å². The van der Waals surface area contributed by atoms with Gasteiger partial charge in [-0.1, -0.05) is 0 Å². The Morgan fingerprint density at radius 3 is 2.80 bits per heavy atom. The quantitative estimate of drug-likeness (QED) is 0.905. The molecule has 8 heteroatoms. The van der Waals surface area contributed by atoms with Crippen LogP contribution < -0.4 is 5.32 Å². The molecule has 1 aromatic heterocycles. The number of nitrogens with zero attached hydrogens (tertiary/aromatic N) is 2. The molecule has 1 N–H and O–H groups in total. The van der Waals surface area contributed by atoms with Crippen molar-refractivity contribution in [3.05, 3.63) is 16.1 Å². The second-order valence-corrected chi connectivity index (χ2v) is 6.63. The summed E-state index contributed by atoms with van der Waals surface area (Å²) in [4.78, 5) is 6.43. The summed E-state index contributed by atoms with van der Waals surface area (Å²) in [5, 5.41) is 2.64. The molecule has 1 aromatic rings. The van der Waals surface area contributed by atoms with E-state index in [0.29, 0.717) is 16.8 Å². The highest BCUT2D eigenvalue weighted by atomic mass is 35.5. The van der Waals surface area contributed by atoms with Crippen LogP contribution in [0.1, 0.15) is 22.7 Å². The Hall–Kier alpha value is -0.370. The lowest BCUT2D eigenvalue weighted by Gasteiger charge is -2.22. The molecule has 2 aliphatic heterocycles. The second kappa shape index (κ2) is 5.79. The molecule has 2 aliphatic rings. The Kier molecular flexibility index (Phi) is 4.63. The lowest BCUT2D eigenvalue weighted by atomic mass is 9.87. The summed E-state index contributed by atoms with van der Waals surface area (Å²) in [7, 11) is 0. The van der Waals surface area contributed by atoms with Crippen LogP contribution in [0, 0.1) is 5.41 Å². The largest absolute Gasteiger partial charge is 0.443 e. The number of thiazole rings is 1. The van der Waals surface area contributed by atoms with Gasteiger partial charge in [0.1, 0.15) is 0 Å². The minimum Gasteiger partial charge on any atom is -0.316 e. The molecule has 3 heterocycles. The van der Waals surface area contributed by atoms with Gasteiger partial charge in [0.15, 0.2) is 5.01 Å². The molecule has 3 nitrogen and oxygen atoms in total. The standard InChI is InChI=1S/C12H16F3N3S.ClH/c13-12(14,15)10-17-5-9(19-10)6-18-4-2-11(8-18)1-3-16-7-11;/h5,16H,1-4,6-8H2;1H. The average Bonchev–Trinajstić information content (AvgIpc) is 3.01. The van der Waals surface area contributed by atoms with Crippen LogP contribution in [-0.4, -0.2) is 36.1 Å². The number of alkyl halides is 3. The summed E-state index contributed by atoms with van der Waals surface area (Å²) in [5.41, 5.74) is 0.359. The molecule has 0 saturated carbocycles. The molecule has 0 amide bonds. The summed E-state index contributed by atoms with van der Waals surface area (Å²) in [6.07, 6.45) is -0.624. The Morgan fingerprint density at radius 1 is 1.40 bits per heavy atom. The summed E-state index contributed by atoms with van der Waals surface area (Å²) in [6.45, 7) is 4.66. The molecule has 3 rings (SSSR count). The lowest BCUT2D eigenvalue weighted by Crippen LogP contribution is -2.28. The first-order chi connectivity index (χ1) is 8.97. The summed E-state index contributed by atoms with van der Waals surface area (Å²) in [6, 6.07) is 0. The zero-order chi connectivity index (χ0) is 13.5. The minimum absolute atomic E-state index is 0. The van der Waals surface area contributed by atoms with Crippen LogP contribution >= 0.6 is 23.7 Å². The van der Waals surface area contributed by atoms with E-state index in [2.05, 4.69) is 15.2 Å². The SMILES string of the molecule is Cl.FC(F)(F)c1ncc(CN2CCC3(CCNC3)C2)s1. The van der Waals surface area contributed by atoms with Crippen LogP contribution in [0.3, 0.4) is 0 Å². The van der Waals surface area contributed by atoms with Gasteiger partial charge in [0.25, 0.3) is 0 Å². The van der Waals surface area contributed by atoms with Crippen molar-refractivity contribution in [3.63, 3.8) is 0 Å². The first-order valence-electron chi connectivity index (χ1n) is 6.42. The van der Waals surface area contributed by atoms with E-state index in [-0.39, 0.29) is 12.4 Å². The van der Waals surface area contributed by atoms with Gasteiger partial charge in [-0.2, -0.15) is 13.2 Å². The van der Waals surface area contributed by atoms with E-state index in [4.69, 9.17) is 0 Å². The Bertz CT molecular complexity index is 457. The fourth-order valence-corrected chi connectivity index (χ4v) is 3.86.